The number of aromatic nitrogens is 4. The van der Waals surface area contributed by atoms with Crippen LogP contribution in [0.3, 0.4) is 0 Å². The number of H-pyrrole nitrogens is 1. The van der Waals surface area contributed by atoms with Gasteiger partial charge >= 0.3 is 0 Å². The van der Waals surface area contributed by atoms with Crippen molar-refractivity contribution < 1.29 is 24.0 Å². The van der Waals surface area contributed by atoms with E-state index in [4.69, 9.17) is 5.73 Å². The number of rotatable bonds is 16. The molecule has 16 nitrogen and oxygen atoms in total. The zero-order chi connectivity index (χ0) is 34.7. The molecule has 0 fully saturated rings. The maximum absolute atomic E-state index is 12.8. The van der Waals surface area contributed by atoms with E-state index in [0.29, 0.717) is 43.4 Å². The van der Waals surface area contributed by atoms with Gasteiger partial charge in [-0.05, 0) is 57.4 Å². The van der Waals surface area contributed by atoms with E-state index in [-0.39, 0.29) is 41.4 Å². The number of benzene rings is 1. The molecule has 0 spiro atoms. The fourth-order valence-electron chi connectivity index (χ4n) is 4.52. The summed E-state index contributed by atoms with van der Waals surface area (Å²) in [5, 5.41) is 10.6. The Bertz CT molecular complexity index is 1640. The largest absolute Gasteiger partial charge is 0.369 e. The number of anilines is 2. The first-order chi connectivity index (χ1) is 22.3. The van der Waals surface area contributed by atoms with E-state index in [1.807, 2.05) is 11.9 Å². The van der Waals surface area contributed by atoms with Crippen LogP contribution in [0.4, 0.5) is 11.6 Å². The summed E-state index contributed by atoms with van der Waals surface area (Å²) in [6.45, 7) is 7.11. The minimum atomic E-state index is -0.897. The average Bonchev–Trinajstić information content (AvgIpc) is 3.05. The van der Waals surface area contributed by atoms with E-state index in [1.54, 1.807) is 45.0 Å². The van der Waals surface area contributed by atoms with Crippen molar-refractivity contribution in [2.75, 3.05) is 17.7 Å². The third-order valence-electron chi connectivity index (χ3n) is 7.38. The number of nitrogens with two attached hydrogens (primary N) is 1. The molecule has 0 aliphatic heterocycles. The fourth-order valence-corrected chi connectivity index (χ4v) is 4.52. The number of carbonyl (C=O) groups is 5. The third-order valence-corrected chi connectivity index (χ3v) is 7.38. The van der Waals surface area contributed by atoms with Gasteiger partial charge in [-0.3, -0.25) is 29.0 Å². The quantitative estimate of drug-likeness (QED) is 0.116. The zero-order valence-electron chi connectivity index (χ0n) is 27.1. The molecule has 0 radical (unpaired) electrons. The minimum absolute atomic E-state index is 0.0360. The number of hydrogen-bond donors (Lipinski definition) is 6. The number of carbonyl (C=O) groups excluding carboxylic acids is 5. The van der Waals surface area contributed by atoms with Gasteiger partial charge in [0, 0.05) is 30.8 Å². The zero-order valence-corrected chi connectivity index (χ0v) is 27.1. The Morgan fingerprint density at radius 2 is 1.68 bits per heavy atom. The molecule has 1 aromatic carbocycles. The van der Waals surface area contributed by atoms with Crippen molar-refractivity contribution in [2.24, 2.45) is 0 Å². The highest BCUT2D eigenvalue weighted by Crippen LogP contribution is 2.17. The van der Waals surface area contributed by atoms with E-state index >= 15 is 0 Å². The van der Waals surface area contributed by atoms with Gasteiger partial charge in [-0.2, -0.15) is 4.98 Å². The van der Waals surface area contributed by atoms with E-state index in [2.05, 4.69) is 41.2 Å². The summed E-state index contributed by atoms with van der Waals surface area (Å²) in [6, 6.07) is 4.20. The molecule has 3 rings (SSSR count). The first-order valence-corrected chi connectivity index (χ1v) is 15.3. The van der Waals surface area contributed by atoms with Gasteiger partial charge in [-0.1, -0.05) is 13.8 Å². The van der Waals surface area contributed by atoms with Gasteiger partial charge in [0.25, 0.3) is 11.5 Å². The van der Waals surface area contributed by atoms with Gasteiger partial charge in [0.15, 0.2) is 11.2 Å². The highest BCUT2D eigenvalue weighted by Gasteiger charge is 2.24. The summed E-state index contributed by atoms with van der Waals surface area (Å²) in [7, 11) is 1.83. The first kappa shape index (κ1) is 36.1. The van der Waals surface area contributed by atoms with Gasteiger partial charge in [0.2, 0.25) is 23.7 Å². The number of aldehydes is 1. The summed E-state index contributed by atoms with van der Waals surface area (Å²) >= 11 is 0. The van der Waals surface area contributed by atoms with E-state index in [9.17, 15) is 28.8 Å². The van der Waals surface area contributed by atoms with E-state index < -0.39 is 35.5 Å². The highest BCUT2D eigenvalue weighted by atomic mass is 16.2. The monoisotopic (exact) mass is 650 g/mol. The summed E-state index contributed by atoms with van der Waals surface area (Å²) in [4.78, 5) is 90.2. The Hall–Kier alpha value is -5.41. The number of hydrogen-bond acceptors (Lipinski definition) is 11. The van der Waals surface area contributed by atoms with Crippen molar-refractivity contribution in [2.45, 2.75) is 84.1 Å². The van der Waals surface area contributed by atoms with Crippen LogP contribution < -0.4 is 37.5 Å². The maximum Gasteiger partial charge on any atom is 0.280 e. The molecule has 16 heteroatoms. The van der Waals surface area contributed by atoms with Crippen LogP contribution in [0.2, 0.25) is 0 Å². The lowest BCUT2D eigenvalue weighted by Crippen LogP contribution is -2.54. The first-order valence-electron chi connectivity index (χ1n) is 15.3. The van der Waals surface area contributed by atoms with Gasteiger partial charge < -0.3 is 36.7 Å². The van der Waals surface area contributed by atoms with Crippen LogP contribution in [0.25, 0.3) is 11.2 Å². The fraction of sp³-hybridized carbons (Fsp3) is 0.452. The van der Waals surface area contributed by atoms with Gasteiger partial charge in [-0.25, -0.2) is 9.97 Å². The molecule has 0 unspecified atom stereocenters. The molecule has 7 N–H and O–H groups in total. The van der Waals surface area contributed by atoms with Gasteiger partial charge in [0.1, 0.15) is 18.4 Å². The molecule has 2 aromatic heterocycles. The number of fused-ring (bicyclic) bond motifs is 1. The van der Waals surface area contributed by atoms with Crippen molar-refractivity contribution in [1.29, 1.82) is 0 Å². The van der Waals surface area contributed by atoms with Crippen LogP contribution in [-0.2, 0) is 25.7 Å². The van der Waals surface area contributed by atoms with Crippen LogP contribution in [0, 0.1) is 0 Å². The molecule has 4 amide bonds. The number of nitrogens with one attached hydrogen (secondary N) is 5. The van der Waals surface area contributed by atoms with E-state index in [1.165, 1.54) is 13.1 Å². The third kappa shape index (κ3) is 10.3. The van der Waals surface area contributed by atoms with Crippen molar-refractivity contribution >= 4 is 52.7 Å². The molecular weight excluding hydrogens is 608 g/mol. The lowest BCUT2D eigenvalue weighted by atomic mass is 10.1. The normalized spacial score (nSPS) is 13.5. The Labute approximate surface area is 271 Å². The molecule has 0 saturated heterocycles. The molecular formula is C31H42N10O6. The topological polar surface area (TPSA) is 234 Å². The number of aromatic amines is 1. The van der Waals surface area contributed by atoms with Crippen LogP contribution >= 0.6 is 0 Å². The number of nitrogens with zero attached hydrogens (tertiary/aromatic N) is 4. The molecule has 252 valence electrons. The van der Waals surface area contributed by atoms with Gasteiger partial charge in [-0.15, -0.1) is 0 Å². The van der Waals surface area contributed by atoms with Crippen LogP contribution in [0.5, 0.6) is 0 Å². The van der Waals surface area contributed by atoms with Crippen LogP contribution in [0.15, 0.2) is 35.3 Å². The van der Waals surface area contributed by atoms with E-state index in [0.717, 1.165) is 5.69 Å². The summed E-state index contributed by atoms with van der Waals surface area (Å²) in [5.41, 5.74) is 7.10. The second kappa shape index (κ2) is 16.8. The van der Waals surface area contributed by atoms with Crippen LogP contribution in [-0.4, -0.2) is 81.1 Å². The molecule has 4 atom stereocenters. The predicted molar refractivity (Wildman–Crippen MR) is 175 cm³/mol. The van der Waals surface area contributed by atoms with Crippen molar-refractivity contribution in [3.05, 3.63) is 52.1 Å². The lowest BCUT2D eigenvalue weighted by Gasteiger charge is -2.22. The molecule has 0 bridgehead atoms. The SMILES string of the molecule is CC[C@@H](C=O)NC(=O)[C@H](CC)NC(=O)[C@@H](C)NC(=O)CC[C@H](C)NC(=O)c1ccc(N(C)Cc2cnc3nc(N)[nH]c(=O)c3n2)cc1. The van der Waals surface area contributed by atoms with Gasteiger partial charge in [0.05, 0.1) is 24.5 Å². The highest BCUT2D eigenvalue weighted by molar-refractivity contribution is 5.95. The maximum atomic E-state index is 12.8. The van der Waals surface area contributed by atoms with Crippen molar-refractivity contribution in [3.8, 4) is 0 Å². The molecule has 0 saturated carbocycles. The Morgan fingerprint density at radius 1 is 0.979 bits per heavy atom. The average molecular weight is 651 g/mol. The second-order valence-corrected chi connectivity index (χ2v) is 11.2. The minimum Gasteiger partial charge on any atom is -0.369 e. The van der Waals surface area contributed by atoms with Crippen molar-refractivity contribution in [3.63, 3.8) is 0 Å². The molecule has 3 aromatic rings. The lowest BCUT2D eigenvalue weighted by molar-refractivity contribution is -0.132. The summed E-state index contributed by atoms with van der Waals surface area (Å²) in [6.07, 6.45) is 3.29. The molecule has 0 aliphatic rings. The molecule has 2 heterocycles. The van der Waals surface area contributed by atoms with Crippen molar-refractivity contribution in [1.82, 2.24) is 41.2 Å². The number of nitrogen functional groups attached to an aromatic ring is 1. The molecule has 0 aliphatic carbocycles. The molecule has 47 heavy (non-hydrogen) atoms. The Morgan fingerprint density at radius 3 is 2.32 bits per heavy atom. The smallest absolute Gasteiger partial charge is 0.280 e. The number of amides is 4. The van der Waals surface area contributed by atoms with Crippen LogP contribution in [0.1, 0.15) is 69.4 Å². The predicted octanol–water partition coefficient (Wildman–Crippen LogP) is 0.323. The standard InChI is InChI=1S/C31H42N10O6/c1-6-20(16-42)37-29(46)23(7-2)38-27(44)18(4)35-24(43)13-8-17(3)34-28(45)19-9-11-22(12-10-19)41(5)15-21-14-33-26-25(36-21)30(47)40-31(32)39-26/h9-12,14,16-18,20,23H,6-8,13,15H2,1-5H3,(H,34,45)(H,35,43)(H,37,46)(H,38,44)(H3,32,33,39,40,47)/t17-,18+,20-,23-/m0/s1. The summed E-state index contributed by atoms with van der Waals surface area (Å²) < 4.78 is 0. The Kier molecular flexibility index (Phi) is 12.9. The Balaban J connectivity index is 1.45. The summed E-state index contributed by atoms with van der Waals surface area (Å²) in [5.74, 6) is -1.73. The second-order valence-electron chi connectivity index (χ2n) is 11.2.